The second-order valence-electron chi connectivity index (χ2n) is 6.62. The number of benzene rings is 2. The van der Waals surface area contributed by atoms with E-state index in [-0.39, 0.29) is 11.2 Å². The first-order chi connectivity index (χ1) is 13.8. The van der Waals surface area contributed by atoms with E-state index >= 15 is 0 Å². The number of fused-ring (bicyclic) bond motifs is 1. The average Bonchev–Trinajstić information content (AvgIpc) is 3.10. The summed E-state index contributed by atoms with van der Waals surface area (Å²) in [7, 11) is 0. The van der Waals surface area contributed by atoms with Crippen molar-refractivity contribution >= 4 is 10.9 Å². The van der Waals surface area contributed by atoms with Gasteiger partial charge in [0.15, 0.2) is 5.43 Å². The van der Waals surface area contributed by atoms with E-state index in [2.05, 4.69) is 14.8 Å². The normalized spacial score (nSPS) is 11.7. The third-order valence-corrected chi connectivity index (χ3v) is 4.52. The molecule has 4 aromatic rings. The predicted octanol–water partition coefficient (Wildman–Crippen LogP) is 4.65. The Morgan fingerprint density at radius 2 is 1.83 bits per heavy atom. The first-order valence-electron chi connectivity index (χ1n) is 8.79. The second kappa shape index (κ2) is 7.12. The van der Waals surface area contributed by atoms with Crippen LogP contribution in [0.2, 0.25) is 0 Å². The molecule has 5 nitrogen and oxygen atoms in total. The van der Waals surface area contributed by atoms with E-state index < -0.39 is 6.36 Å². The molecule has 2 aromatic heterocycles. The lowest BCUT2D eigenvalue weighted by Crippen LogP contribution is -2.17. The highest BCUT2D eigenvalue weighted by molar-refractivity contribution is 5.84. The summed E-state index contributed by atoms with van der Waals surface area (Å²) in [5.74, 6) is -0.277. The first kappa shape index (κ1) is 18.8. The maximum atomic E-state index is 12.9. The Balaban J connectivity index is 1.59. The van der Waals surface area contributed by atoms with E-state index in [1.807, 2.05) is 25.1 Å². The molecule has 0 bridgehead atoms. The summed E-state index contributed by atoms with van der Waals surface area (Å²) in [6.45, 7) is 2.18. The monoisotopic (exact) mass is 399 g/mol. The quantitative estimate of drug-likeness (QED) is 0.544. The van der Waals surface area contributed by atoms with Crippen LogP contribution in [0.4, 0.5) is 13.2 Å². The number of para-hydroxylation sites is 1. The van der Waals surface area contributed by atoms with E-state index in [4.69, 9.17) is 0 Å². The molecule has 0 fully saturated rings. The molecule has 8 heteroatoms. The lowest BCUT2D eigenvalue weighted by atomic mass is 10.0. The van der Waals surface area contributed by atoms with Crippen LogP contribution in [0.15, 0.2) is 65.7 Å². The van der Waals surface area contributed by atoms with Gasteiger partial charge in [0.05, 0.1) is 18.3 Å². The van der Waals surface area contributed by atoms with Crippen LogP contribution in [0.25, 0.3) is 22.0 Å². The molecular weight excluding hydrogens is 383 g/mol. The summed E-state index contributed by atoms with van der Waals surface area (Å²) in [5, 5.41) is 4.88. The number of nitrogens with one attached hydrogen (secondary N) is 1. The van der Waals surface area contributed by atoms with Crippen molar-refractivity contribution < 1.29 is 17.9 Å². The van der Waals surface area contributed by atoms with Crippen molar-refractivity contribution in [2.75, 3.05) is 0 Å². The summed E-state index contributed by atoms with van der Waals surface area (Å²) in [6, 6.07) is 12.9. The highest BCUT2D eigenvalue weighted by Crippen LogP contribution is 2.24. The van der Waals surface area contributed by atoms with Crippen molar-refractivity contribution in [1.82, 2.24) is 14.8 Å². The lowest BCUT2D eigenvalue weighted by molar-refractivity contribution is -0.274. The van der Waals surface area contributed by atoms with Crippen molar-refractivity contribution in [2.45, 2.75) is 19.8 Å². The number of ether oxygens (including phenoxy) is 1. The van der Waals surface area contributed by atoms with Gasteiger partial charge in [0.1, 0.15) is 5.75 Å². The molecule has 0 atom stereocenters. The van der Waals surface area contributed by atoms with Crippen molar-refractivity contribution in [2.24, 2.45) is 0 Å². The SMILES string of the molecule is Cc1[nH]c2ccccc2c(=O)c1-c1cnn(Cc2ccc(OC(F)(F)F)cc2)c1. The van der Waals surface area contributed by atoms with E-state index in [1.54, 1.807) is 23.1 Å². The third kappa shape index (κ3) is 4.01. The Morgan fingerprint density at radius 1 is 1.10 bits per heavy atom. The molecular formula is C21H16F3N3O2. The smallest absolute Gasteiger partial charge is 0.406 e. The zero-order chi connectivity index (χ0) is 20.6. The molecule has 1 N–H and O–H groups in total. The van der Waals surface area contributed by atoms with E-state index in [1.165, 1.54) is 24.3 Å². The minimum Gasteiger partial charge on any atom is -0.406 e. The minimum atomic E-state index is -4.72. The predicted molar refractivity (Wildman–Crippen MR) is 103 cm³/mol. The van der Waals surface area contributed by atoms with Crippen LogP contribution in [0.5, 0.6) is 5.75 Å². The molecule has 2 heterocycles. The van der Waals surface area contributed by atoms with Crippen LogP contribution in [0, 0.1) is 6.92 Å². The van der Waals surface area contributed by atoms with Crippen molar-refractivity contribution in [3.8, 4) is 16.9 Å². The molecule has 0 amide bonds. The van der Waals surface area contributed by atoms with Crippen molar-refractivity contribution in [1.29, 1.82) is 0 Å². The fourth-order valence-corrected chi connectivity index (χ4v) is 3.27. The number of hydrogen-bond donors (Lipinski definition) is 1. The summed E-state index contributed by atoms with van der Waals surface area (Å²) in [6.07, 6.45) is -1.37. The summed E-state index contributed by atoms with van der Waals surface area (Å²) in [4.78, 5) is 16.1. The Morgan fingerprint density at radius 3 is 2.55 bits per heavy atom. The van der Waals surface area contributed by atoms with Gasteiger partial charge in [-0.1, -0.05) is 24.3 Å². The molecule has 29 heavy (non-hydrogen) atoms. The minimum absolute atomic E-state index is 0.0787. The number of aromatic amines is 1. The number of hydrogen-bond acceptors (Lipinski definition) is 3. The van der Waals surface area contributed by atoms with Gasteiger partial charge < -0.3 is 9.72 Å². The zero-order valence-electron chi connectivity index (χ0n) is 15.3. The van der Waals surface area contributed by atoms with Crippen LogP contribution >= 0.6 is 0 Å². The molecule has 2 aromatic carbocycles. The van der Waals surface area contributed by atoms with Crippen LogP contribution in [0.3, 0.4) is 0 Å². The molecule has 0 saturated heterocycles. The Kier molecular flexibility index (Phi) is 4.62. The number of aryl methyl sites for hydroxylation is 1. The van der Waals surface area contributed by atoms with Crippen LogP contribution < -0.4 is 10.2 Å². The topological polar surface area (TPSA) is 59.9 Å². The van der Waals surface area contributed by atoms with Crippen LogP contribution in [-0.4, -0.2) is 21.1 Å². The first-order valence-corrected chi connectivity index (χ1v) is 8.79. The van der Waals surface area contributed by atoms with Gasteiger partial charge in [0.2, 0.25) is 0 Å². The number of halogens is 3. The number of pyridine rings is 1. The van der Waals surface area contributed by atoms with E-state index in [0.29, 0.717) is 23.1 Å². The standard InChI is InChI=1S/C21H16F3N3O2/c1-13-19(20(28)17-4-2-3-5-18(17)26-13)15-10-25-27(12-15)11-14-6-8-16(9-7-14)29-21(22,23)24/h2-10,12H,11H2,1H3,(H,26,28). The Hall–Kier alpha value is -3.55. The molecule has 0 aliphatic heterocycles. The number of H-pyrrole nitrogens is 1. The van der Waals surface area contributed by atoms with E-state index in [0.717, 1.165) is 16.8 Å². The Bertz CT molecular complexity index is 1220. The molecule has 0 radical (unpaired) electrons. The highest BCUT2D eigenvalue weighted by atomic mass is 19.4. The highest BCUT2D eigenvalue weighted by Gasteiger charge is 2.30. The maximum absolute atomic E-state index is 12.9. The van der Waals surface area contributed by atoms with Gasteiger partial charge in [-0.25, -0.2) is 0 Å². The number of rotatable bonds is 4. The maximum Gasteiger partial charge on any atom is 0.573 e. The summed E-state index contributed by atoms with van der Waals surface area (Å²) < 4.78 is 42.3. The van der Waals surface area contributed by atoms with Gasteiger partial charge >= 0.3 is 6.36 Å². The number of aromatic nitrogens is 3. The molecule has 4 rings (SSSR count). The summed E-state index contributed by atoms with van der Waals surface area (Å²) in [5.41, 5.74) is 3.40. The fraction of sp³-hybridized carbons (Fsp3) is 0.143. The van der Waals surface area contributed by atoms with Crippen molar-refractivity contribution in [3.63, 3.8) is 0 Å². The summed E-state index contributed by atoms with van der Waals surface area (Å²) >= 11 is 0. The number of nitrogens with zero attached hydrogens (tertiary/aromatic N) is 2. The van der Waals surface area contributed by atoms with Gasteiger partial charge in [-0.2, -0.15) is 5.10 Å². The molecule has 148 valence electrons. The number of alkyl halides is 3. The zero-order valence-corrected chi connectivity index (χ0v) is 15.3. The molecule has 0 saturated carbocycles. The average molecular weight is 399 g/mol. The molecule has 0 aliphatic carbocycles. The van der Waals surface area contributed by atoms with Gasteiger partial charge in [-0.15, -0.1) is 13.2 Å². The largest absolute Gasteiger partial charge is 0.573 e. The van der Waals surface area contributed by atoms with Gasteiger partial charge in [-0.05, 0) is 36.8 Å². The lowest BCUT2D eigenvalue weighted by Gasteiger charge is -2.09. The molecule has 0 aliphatic rings. The molecule has 0 unspecified atom stereocenters. The van der Waals surface area contributed by atoms with Crippen LogP contribution in [-0.2, 0) is 6.54 Å². The third-order valence-electron chi connectivity index (χ3n) is 4.52. The van der Waals surface area contributed by atoms with Gasteiger partial charge in [0, 0.05) is 28.4 Å². The Labute approximate surface area is 163 Å². The van der Waals surface area contributed by atoms with Crippen LogP contribution in [0.1, 0.15) is 11.3 Å². The van der Waals surface area contributed by atoms with Gasteiger partial charge in [0.25, 0.3) is 0 Å². The molecule has 0 spiro atoms. The van der Waals surface area contributed by atoms with E-state index in [9.17, 15) is 18.0 Å². The fourth-order valence-electron chi connectivity index (χ4n) is 3.27. The van der Waals surface area contributed by atoms with Crippen molar-refractivity contribution in [3.05, 3.63) is 82.4 Å². The van der Waals surface area contributed by atoms with Gasteiger partial charge in [-0.3, -0.25) is 9.48 Å². The second-order valence-corrected chi connectivity index (χ2v) is 6.62.